The molecule has 0 amide bonds. The molecular formula is C22H32O3. The van der Waals surface area contributed by atoms with Crippen LogP contribution in [0, 0.1) is 40.9 Å². The molecule has 138 valence electrons. The van der Waals surface area contributed by atoms with Gasteiger partial charge < -0.3 is 10.2 Å². The molecule has 8 atom stereocenters. The second-order valence-electron chi connectivity index (χ2n) is 9.96. The molecule has 0 aromatic heterocycles. The van der Waals surface area contributed by atoms with Gasteiger partial charge in [-0.3, -0.25) is 4.79 Å². The molecule has 2 N–H and O–H groups in total. The number of aliphatic hydroxyl groups is 2. The van der Waals surface area contributed by atoms with E-state index < -0.39 is 5.60 Å². The number of fused-ring (bicyclic) bond motifs is 8. The summed E-state index contributed by atoms with van der Waals surface area (Å²) in [4.78, 5) is 11.9. The molecule has 0 aliphatic heterocycles. The zero-order valence-electron chi connectivity index (χ0n) is 15.4. The highest BCUT2D eigenvalue weighted by molar-refractivity contribution is 5.91. The van der Waals surface area contributed by atoms with Gasteiger partial charge in [0.2, 0.25) is 0 Å². The minimum absolute atomic E-state index is 0.0299. The standard InChI is InChI=1S/C22H32O3/c1-21-8-5-15-14-4-3-13(24)11-16(14)17-12-18(17)20(15)19(21)6-9-22(21,25)7-2-10-23/h11,14-15,17-20,23,25H,2-10,12H2,1H3/t14-,15-,17-,18-,19+,20+,21+,22+/m1/s1. The van der Waals surface area contributed by atoms with E-state index in [-0.39, 0.29) is 12.0 Å². The van der Waals surface area contributed by atoms with Crippen molar-refractivity contribution in [2.24, 2.45) is 40.9 Å². The molecule has 4 saturated carbocycles. The molecule has 25 heavy (non-hydrogen) atoms. The van der Waals surface area contributed by atoms with Gasteiger partial charge in [0.15, 0.2) is 5.78 Å². The minimum Gasteiger partial charge on any atom is -0.396 e. The third-order valence-electron chi connectivity index (χ3n) is 9.19. The van der Waals surface area contributed by atoms with Crippen LogP contribution in [0.25, 0.3) is 0 Å². The summed E-state index contributed by atoms with van der Waals surface area (Å²) in [5, 5.41) is 20.7. The second kappa shape index (κ2) is 5.42. The molecular weight excluding hydrogens is 312 g/mol. The van der Waals surface area contributed by atoms with Gasteiger partial charge in [0, 0.05) is 13.0 Å². The van der Waals surface area contributed by atoms with E-state index in [1.807, 2.05) is 6.08 Å². The smallest absolute Gasteiger partial charge is 0.155 e. The number of carbonyl (C=O) groups is 1. The summed E-state index contributed by atoms with van der Waals surface area (Å²) in [6.07, 6.45) is 11.0. The first-order valence-electron chi connectivity index (χ1n) is 10.6. The average molecular weight is 344 g/mol. The van der Waals surface area contributed by atoms with E-state index in [2.05, 4.69) is 6.92 Å². The molecule has 5 rings (SSSR count). The van der Waals surface area contributed by atoms with Crippen LogP contribution in [0.5, 0.6) is 0 Å². The van der Waals surface area contributed by atoms with Gasteiger partial charge in [-0.15, -0.1) is 0 Å². The van der Waals surface area contributed by atoms with Gasteiger partial charge in [0.1, 0.15) is 0 Å². The van der Waals surface area contributed by atoms with Crippen LogP contribution in [-0.4, -0.2) is 28.2 Å². The predicted molar refractivity (Wildman–Crippen MR) is 95.7 cm³/mol. The number of rotatable bonds is 3. The predicted octanol–water partition coefficient (Wildman–Crippen LogP) is 3.49. The zero-order chi connectivity index (χ0) is 17.4. The fourth-order valence-corrected chi connectivity index (χ4v) is 7.90. The Hall–Kier alpha value is -0.670. The summed E-state index contributed by atoms with van der Waals surface area (Å²) >= 11 is 0. The maximum Gasteiger partial charge on any atom is 0.155 e. The van der Waals surface area contributed by atoms with Crippen LogP contribution in [0.2, 0.25) is 0 Å². The van der Waals surface area contributed by atoms with Crippen LogP contribution in [-0.2, 0) is 4.79 Å². The quantitative estimate of drug-likeness (QED) is 0.824. The van der Waals surface area contributed by atoms with Gasteiger partial charge in [-0.2, -0.15) is 0 Å². The lowest BCUT2D eigenvalue weighted by atomic mass is 9.50. The lowest BCUT2D eigenvalue weighted by Crippen LogP contribution is -2.53. The second-order valence-corrected chi connectivity index (χ2v) is 9.96. The number of allylic oxidation sites excluding steroid dienone is 1. The van der Waals surface area contributed by atoms with Crippen molar-refractivity contribution in [3.63, 3.8) is 0 Å². The fraction of sp³-hybridized carbons (Fsp3) is 0.864. The normalized spacial score (nSPS) is 53.4. The number of aliphatic hydroxyl groups excluding tert-OH is 1. The third kappa shape index (κ3) is 2.15. The van der Waals surface area contributed by atoms with E-state index in [1.54, 1.807) is 0 Å². The summed E-state index contributed by atoms with van der Waals surface area (Å²) in [5.41, 5.74) is 0.968. The highest BCUT2D eigenvalue weighted by Gasteiger charge is 2.67. The average Bonchev–Trinajstić information content (AvgIpc) is 3.35. The Kier molecular flexibility index (Phi) is 3.58. The molecule has 4 fully saturated rings. The van der Waals surface area contributed by atoms with Crippen molar-refractivity contribution in [3.8, 4) is 0 Å². The summed E-state index contributed by atoms with van der Waals surface area (Å²) < 4.78 is 0. The molecule has 0 radical (unpaired) electrons. The SMILES string of the molecule is C[C@]12CC[C@H]3[C@@H]([C@@H]4C[C@@H]4C4=CC(=O)CC[C@@H]43)[C@@H]1CC[C@@]2(O)CCCO. The third-order valence-corrected chi connectivity index (χ3v) is 9.19. The first-order chi connectivity index (χ1) is 12.0. The summed E-state index contributed by atoms with van der Waals surface area (Å²) in [6, 6.07) is 0. The molecule has 3 heteroatoms. The molecule has 5 aliphatic carbocycles. The van der Waals surface area contributed by atoms with Gasteiger partial charge in [-0.25, -0.2) is 0 Å². The molecule has 0 saturated heterocycles. The van der Waals surface area contributed by atoms with E-state index in [0.717, 1.165) is 62.7 Å². The van der Waals surface area contributed by atoms with Gasteiger partial charge in [0.25, 0.3) is 0 Å². The van der Waals surface area contributed by atoms with Crippen LogP contribution >= 0.6 is 0 Å². The molecule has 0 unspecified atom stereocenters. The highest BCUT2D eigenvalue weighted by atomic mass is 16.3. The van der Waals surface area contributed by atoms with E-state index >= 15 is 0 Å². The molecule has 0 aromatic rings. The largest absolute Gasteiger partial charge is 0.396 e. The van der Waals surface area contributed by atoms with E-state index in [1.165, 1.54) is 18.4 Å². The lowest BCUT2D eigenvalue weighted by Gasteiger charge is -2.55. The number of hydrogen-bond donors (Lipinski definition) is 2. The maximum atomic E-state index is 11.9. The Balaban J connectivity index is 1.46. The number of carbonyl (C=O) groups excluding carboxylic acids is 1. The van der Waals surface area contributed by atoms with Crippen molar-refractivity contribution < 1.29 is 15.0 Å². The van der Waals surface area contributed by atoms with Gasteiger partial charge >= 0.3 is 0 Å². The Morgan fingerprint density at radius 3 is 2.80 bits per heavy atom. The van der Waals surface area contributed by atoms with Gasteiger partial charge in [-0.05, 0) is 98.4 Å². The summed E-state index contributed by atoms with van der Waals surface area (Å²) in [6.45, 7) is 2.54. The van der Waals surface area contributed by atoms with Crippen LogP contribution < -0.4 is 0 Å². The molecule has 0 bridgehead atoms. The molecule has 5 aliphatic rings. The van der Waals surface area contributed by atoms with Gasteiger partial charge in [0.05, 0.1) is 5.60 Å². The Morgan fingerprint density at radius 1 is 1.16 bits per heavy atom. The van der Waals surface area contributed by atoms with E-state index in [4.69, 9.17) is 0 Å². The number of hydrogen-bond acceptors (Lipinski definition) is 3. The molecule has 0 heterocycles. The zero-order valence-corrected chi connectivity index (χ0v) is 15.4. The van der Waals surface area contributed by atoms with Crippen LogP contribution in [0.1, 0.15) is 64.7 Å². The lowest BCUT2D eigenvalue weighted by molar-refractivity contribution is -0.127. The highest BCUT2D eigenvalue weighted by Crippen LogP contribution is 2.72. The van der Waals surface area contributed by atoms with Crippen molar-refractivity contribution in [2.75, 3.05) is 6.61 Å². The molecule has 0 spiro atoms. The molecule has 0 aromatic carbocycles. The van der Waals surface area contributed by atoms with Crippen molar-refractivity contribution in [1.29, 1.82) is 0 Å². The van der Waals surface area contributed by atoms with E-state index in [9.17, 15) is 15.0 Å². The van der Waals surface area contributed by atoms with Gasteiger partial charge in [-0.1, -0.05) is 12.5 Å². The van der Waals surface area contributed by atoms with Crippen LogP contribution in [0.4, 0.5) is 0 Å². The van der Waals surface area contributed by atoms with Crippen molar-refractivity contribution in [2.45, 2.75) is 70.3 Å². The van der Waals surface area contributed by atoms with Crippen LogP contribution in [0.15, 0.2) is 11.6 Å². The Labute approximate surface area is 150 Å². The van der Waals surface area contributed by atoms with Crippen molar-refractivity contribution in [3.05, 3.63) is 11.6 Å². The topological polar surface area (TPSA) is 57.5 Å². The minimum atomic E-state index is -0.575. The Bertz CT molecular complexity index is 625. The number of ketones is 1. The monoisotopic (exact) mass is 344 g/mol. The van der Waals surface area contributed by atoms with Crippen molar-refractivity contribution in [1.82, 2.24) is 0 Å². The van der Waals surface area contributed by atoms with Crippen LogP contribution in [0.3, 0.4) is 0 Å². The Morgan fingerprint density at radius 2 is 2.00 bits per heavy atom. The molecule has 3 nitrogen and oxygen atoms in total. The van der Waals surface area contributed by atoms with E-state index in [0.29, 0.717) is 23.5 Å². The first kappa shape index (κ1) is 16.5. The summed E-state index contributed by atoms with van der Waals surface area (Å²) in [7, 11) is 0. The van der Waals surface area contributed by atoms with Crippen molar-refractivity contribution >= 4 is 5.78 Å². The maximum absolute atomic E-state index is 11.9. The fourth-order valence-electron chi connectivity index (χ4n) is 7.90. The first-order valence-corrected chi connectivity index (χ1v) is 10.6. The summed E-state index contributed by atoms with van der Waals surface area (Å²) in [5.74, 6) is 4.64.